The lowest BCUT2D eigenvalue weighted by Crippen LogP contribution is -2.34. The van der Waals surface area contributed by atoms with E-state index in [1.54, 1.807) is 0 Å². The van der Waals surface area contributed by atoms with E-state index in [2.05, 4.69) is 10.6 Å². The molecule has 4 nitrogen and oxygen atoms in total. The lowest BCUT2D eigenvalue weighted by Gasteiger charge is -2.11. The second-order valence-corrected chi connectivity index (χ2v) is 5.57. The summed E-state index contributed by atoms with van der Waals surface area (Å²) in [5.74, 6) is -0.389. The summed E-state index contributed by atoms with van der Waals surface area (Å²) in [5, 5.41) is 5.84. The van der Waals surface area contributed by atoms with Gasteiger partial charge in [-0.05, 0) is 38.3 Å². The molecule has 0 radical (unpaired) electrons. The zero-order valence-electron chi connectivity index (χ0n) is 12.3. The van der Waals surface area contributed by atoms with Crippen molar-refractivity contribution in [3.05, 3.63) is 29.8 Å². The Morgan fingerprint density at radius 2 is 1.90 bits per heavy atom. The summed E-state index contributed by atoms with van der Waals surface area (Å²) in [6.07, 6.45) is 1.55. The van der Waals surface area contributed by atoms with Gasteiger partial charge in [0, 0.05) is 11.7 Å². The Labute approximate surface area is 119 Å². The number of carbonyl (C=O) groups is 2. The Balaban J connectivity index is 1.87. The molecular formula is C16H22N2O2. The van der Waals surface area contributed by atoms with Crippen molar-refractivity contribution in [3.8, 4) is 0 Å². The Kier molecular flexibility index (Phi) is 4.42. The fourth-order valence-corrected chi connectivity index (χ4v) is 2.17. The number of para-hydroxylation sites is 1. The maximum atomic E-state index is 12.1. The molecule has 1 aliphatic carbocycles. The molecule has 1 aromatic rings. The number of benzene rings is 1. The van der Waals surface area contributed by atoms with Crippen LogP contribution >= 0.6 is 0 Å². The van der Waals surface area contributed by atoms with Gasteiger partial charge in [-0.3, -0.25) is 9.59 Å². The first kappa shape index (κ1) is 14.6. The van der Waals surface area contributed by atoms with Gasteiger partial charge in [-0.15, -0.1) is 0 Å². The largest absolute Gasteiger partial charge is 0.353 e. The van der Waals surface area contributed by atoms with Crippen LogP contribution in [0.1, 0.15) is 32.3 Å². The smallest absolute Gasteiger partial charge is 0.228 e. The molecule has 1 fully saturated rings. The molecule has 1 aromatic carbocycles. The summed E-state index contributed by atoms with van der Waals surface area (Å²) in [6, 6.07) is 7.83. The quantitative estimate of drug-likeness (QED) is 0.866. The SMILES string of the molecule is CCC(C)NC(=O)C1CC1C(=O)Nc1ccccc1C. The molecule has 3 atom stereocenters. The van der Waals surface area contributed by atoms with Crippen molar-refractivity contribution in [2.24, 2.45) is 11.8 Å². The predicted molar refractivity (Wildman–Crippen MR) is 79.3 cm³/mol. The van der Waals surface area contributed by atoms with Crippen molar-refractivity contribution in [1.82, 2.24) is 5.32 Å². The topological polar surface area (TPSA) is 58.2 Å². The van der Waals surface area contributed by atoms with E-state index in [1.807, 2.05) is 45.0 Å². The van der Waals surface area contributed by atoms with Gasteiger partial charge in [-0.2, -0.15) is 0 Å². The molecule has 0 spiro atoms. The van der Waals surface area contributed by atoms with E-state index in [1.165, 1.54) is 0 Å². The van der Waals surface area contributed by atoms with E-state index >= 15 is 0 Å². The Morgan fingerprint density at radius 3 is 2.55 bits per heavy atom. The number of aryl methyl sites for hydroxylation is 1. The van der Waals surface area contributed by atoms with Gasteiger partial charge >= 0.3 is 0 Å². The van der Waals surface area contributed by atoms with Crippen LogP contribution in [0.2, 0.25) is 0 Å². The van der Waals surface area contributed by atoms with Crippen molar-refractivity contribution < 1.29 is 9.59 Å². The van der Waals surface area contributed by atoms with Crippen LogP contribution in [-0.2, 0) is 9.59 Å². The molecule has 0 bridgehead atoms. The molecule has 108 valence electrons. The van der Waals surface area contributed by atoms with Gasteiger partial charge in [0.2, 0.25) is 11.8 Å². The highest BCUT2D eigenvalue weighted by Gasteiger charge is 2.48. The second kappa shape index (κ2) is 6.07. The fraction of sp³-hybridized carbons (Fsp3) is 0.500. The van der Waals surface area contributed by atoms with E-state index in [-0.39, 0.29) is 29.7 Å². The Bertz CT molecular complexity index is 513. The van der Waals surface area contributed by atoms with Crippen LogP contribution < -0.4 is 10.6 Å². The third-order valence-electron chi connectivity index (χ3n) is 3.87. The Morgan fingerprint density at radius 1 is 1.25 bits per heavy atom. The van der Waals surface area contributed by atoms with Gasteiger partial charge in [0.25, 0.3) is 0 Å². The molecule has 3 unspecified atom stereocenters. The van der Waals surface area contributed by atoms with Gasteiger partial charge in [-0.1, -0.05) is 25.1 Å². The highest BCUT2D eigenvalue weighted by molar-refractivity contribution is 5.99. The average molecular weight is 274 g/mol. The zero-order chi connectivity index (χ0) is 14.7. The van der Waals surface area contributed by atoms with Gasteiger partial charge in [-0.25, -0.2) is 0 Å². The standard InChI is InChI=1S/C16H22N2O2/c1-4-11(3)17-15(19)12-9-13(12)16(20)18-14-8-6-5-7-10(14)2/h5-8,11-13H,4,9H2,1-3H3,(H,17,19)(H,18,20). The van der Waals surface area contributed by atoms with Crippen LogP contribution in [0.4, 0.5) is 5.69 Å². The highest BCUT2D eigenvalue weighted by atomic mass is 16.2. The minimum atomic E-state index is -0.182. The molecular weight excluding hydrogens is 252 g/mol. The zero-order valence-corrected chi connectivity index (χ0v) is 12.3. The molecule has 0 saturated heterocycles. The maximum absolute atomic E-state index is 12.1. The van der Waals surface area contributed by atoms with E-state index < -0.39 is 0 Å². The molecule has 0 aromatic heterocycles. The van der Waals surface area contributed by atoms with Gasteiger partial charge in [0.05, 0.1) is 11.8 Å². The number of amides is 2. The predicted octanol–water partition coefficient (Wildman–Crippen LogP) is 2.48. The number of hydrogen-bond donors (Lipinski definition) is 2. The normalized spacial score (nSPS) is 21.9. The number of nitrogens with one attached hydrogen (secondary N) is 2. The number of carbonyl (C=O) groups excluding carboxylic acids is 2. The number of rotatable bonds is 5. The lowest BCUT2D eigenvalue weighted by atomic mass is 10.2. The van der Waals surface area contributed by atoms with Crippen LogP contribution in [0.15, 0.2) is 24.3 Å². The monoisotopic (exact) mass is 274 g/mol. The molecule has 0 heterocycles. The van der Waals surface area contributed by atoms with Crippen LogP contribution in [0.25, 0.3) is 0 Å². The van der Waals surface area contributed by atoms with Crippen LogP contribution in [0, 0.1) is 18.8 Å². The molecule has 2 amide bonds. The van der Waals surface area contributed by atoms with Crippen LogP contribution in [0.5, 0.6) is 0 Å². The molecule has 4 heteroatoms. The summed E-state index contributed by atoms with van der Waals surface area (Å²) >= 11 is 0. The summed E-state index contributed by atoms with van der Waals surface area (Å²) < 4.78 is 0. The first-order valence-corrected chi connectivity index (χ1v) is 7.19. The van der Waals surface area contributed by atoms with Crippen LogP contribution in [-0.4, -0.2) is 17.9 Å². The molecule has 0 aliphatic heterocycles. The third kappa shape index (κ3) is 3.38. The first-order valence-electron chi connectivity index (χ1n) is 7.19. The summed E-state index contributed by atoms with van der Waals surface area (Å²) in [5.41, 5.74) is 1.85. The molecule has 20 heavy (non-hydrogen) atoms. The van der Waals surface area contributed by atoms with Gasteiger partial charge in [0.15, 0.2) is 0 Å². The first-order chi connectivity index (χ1) is 9.52. The van der Waals surface area contributed by atoms with Crippen molar-refractivity contribution in [3.63, 3.8) is 0 Å². The fourth-order valence-electron chi connectivity index (χ4n) is 2.17. The van der Waals surface area contributed by atoms with E-state index in [4.69, 9.17) is 0 Å². The van der Waals surface area contributed by atoms with E-state index in [9.17, 15) is 9.59 Å². The Hall–Kier alpha value is -1.84. The van der Waals surface area contributed by atoms with Crippen molar-refractivity contribution >= 4 is 17.5 Å². The van der Waals surface area contributed by atoms with Crippen molar-refractivity contribution in [1.29, 1.82) is 0 Å². The lowest BCUT2D eigenvalue weighted by molar-refractivity contribution is -0.125. The summed E-state index contributed by atoms with van der Waals surface area (Å²) in [4.78, 5) is 24.0. The molecule has 1 saturated carbocycles. The minimum absolute atomic E-state index is 0.00397. The van der Waals surface area contributed by atoms with Crippen LogP contribution in [0.3, 0.4) is 0 Å². The maximum Gasteiger partial charge on any atom is 0.228 e. The summed E-state index contributed by atoms with van der Waals surface area (Å²) in [6.45, 7) is 5.96. The number of anilines is 1. The summed E-state index contributed by atoms with van der Waals surface area (Å²) in [7, 11) is 0. The minimum Gasteiger partial charge on any atom is -0.353 e. The molecule has 2 N–H and O–H groups in total. The number of hydrogen-bond acceptors (Lipinski definition) is 2. The van der Waals surface area contributed by atoms with Gasteiger partial charge < -0.3 is 10.6 Å². The average Bonchev–Trinajstić information content (AvgIpc) is 3.21. The third-order valence-corrected chi connectivity index (χ3v) is 3.87. The van der Waals surface area contributed by atoms with Gasteiger partial charge in [0.1, 0.15) is 0 Å². The molecule has 2 rings (SSSR count). The van der Waals surface area contributed by atoms with E-state index in [0.29, 0.717) is 6.42 Å². The van der Waals surface area contributed by atoms with E-state index in [0.717, 1.165) is 17.7 Å². The van der Waals surface area contributed by atoms with Crippen molar-refractivity contribution in [2.75, 3.05) is 5.32 Å². The second-order valence-electron chi connectivity index (χ2n) is 5.57. The van der Waals surface area contributed by atoms with Crippen molar-refractivity contribution in [2.45, 2.75) is 39.7 Å². The molecule has 1 aliphatic rings. The highest BCUT2D eigenvalue weighted by Crippen LogP contribution is 2.39.